The van der Waals surface area contributed by atoms with Crippen LogP contribution in [0.25, 0.3) is 10.9 Å². The Hall–Kier alpha value is -1.08. The Morgan fingerprint density at radius 2 is 2.39 bits per heavy atom. The van der Waals surface area contributed by atoms with Crippen LogP contribution in [0.3, 0.4) is 0 Å². The van der Waals surface area contributed by atoms with Crippen LogP contribution in [0.1, 0.15) is 12.8 Å². The van der Waals surface area contributed by atoms with Crippen LogP contribution in [0.15, 0.2) is 28.2 Å². The lowest BCUT2D eigenvalue weighted by Crippen LogP contribution is -2.25. The first-order chi connectivity index (χ1) is 11.2. The van der Waals surface area contributed by atoms with Gasteiger partial charge in [0.2, 0.25) is 0 Å². The molecule has 2 heterocycles. The number of thioether (sulfide) groups is 1. The molecule has 0 spiro atoms. The van der Waals surface area contributed by atoms with E-state index in [-0.39, 0.29) is 11.7 Å². The van der Waals surface area contributed by atoms with Crippen LogP contribution in [0.5, 0.6) is 0 Å². The van der Waals surface area contributed by atoms with Crippen molar-refractivity contribution in [1.29, 1.82) is 0 Å². The predicted molar refractivity (Wildman–Crippen MR) is 92.6 cm³/mol. The summed E-state index contributed by atoms with van der Waals surface area (Å²) in [5.41, 5.74) is 0.574. The molecule has 5 nitrogen and oxygen atoms in total. The molecule has 1 fully saturated rings. The van der Waals surface area contributed by atoms with Crippen LogP contribution in [0, 0.1) is 0 Å². The van der Waals surface area contributed by atoms with Crippen LogP contribution in [-0.2, 0) is 16.0 Å². The van der Waals surface area contributed by atoms with Crippen LogP contribution < -0.4 is 5.56 Å². The smallest absolute Gasteiger partial charge is 0.262 e. The Bertz CT molecular complexity index is 744. The largest absolute Gasteiger partial charge is 0.383 e. The van der Waals surface area contributed by atoms with Crippen molar-refractivity contribution >= 4 is 34.3 Å². The molecule has 0 radical (unpaired) electrons. The molecule has 0 bridgehead atoms. The van der Waals surface area contributed by atoms with Gasteiger partial charge in [0.15, 0.2) is 5.16 Å². The van der Waals surface area contributed by atoms with Crippen LogP contribution in [-0.4, -0.2) is 41.7 Å². The SMILES string of the molecule is COCCn1c(SCC2CCCO2)nc2cc(Cl)ccc2c1=O. The number of rotatable bonds is 6. The summed E-state index contributed by atoms with van der Waals surface area (Å²) in [4.78, 5) is 17.4. The van der Waals surface area contributed by atoms with Crippen LogP contribution in [0.2, 0.25) is 5.02 Å². The Balaban J connectivity index is 1.95. The fourth-order valence-corrected chi connectivity index (χ4v) is 3.86. The molecule has 1 saturated heterocycles. The lowest BCUT2D eigenvalue weighted by atomic mass is 10.2. The Morgan fingerprint density at radius 1 is 1.52 bits per heavy atom. The van der Waals surface area contributed by atoms with Crippen molar-refractivity contribution in [3.63, 3.8) is 0 Å². The van der Waals surface area contributed by atoms with Gasteiger partial charge in [0, 0.05) is 24.5 Å². The number of fused-ring (bicyclic) bond motifs is 1. The second-order valence-corrected chi connectivity index (χ2v) is 6.88. The van der Waals surface area contributed by atoms with Gasteiger partial charge in [-0.2, -0.15) is 0 Å². The monoisotopic (exact) mass is 354 g/mol. The minimum Gasteiger partial charge on any atom is -0.383 e. The van der Waals surface area contributed by atoms with E-state index in [1.165, 1.54) is 0 Å². The van der Waals surface area contributed by atoms with Gasteiger partial charge in [0.1, 0.15) is 0 Å². The highest BCUT2D eigenvalue weighted by Crippen LogP contribution is 2.24. The standard InChI is InChI=1S/C16H19ClN2O3S/c1-21-8-6-19-15(20)13-5-4-11(17)9-14(13)18-16(19)23-10-12-3-2-7-22-12/h4-5,9,12H,2-3,6-8,10H2,1H3. The molecule has 1 unspecified atom stereocenters. The highest BCUT2D eigenvalue weighted by atomic mass is 35.5. The van der Waals surface area contributed by atoms with E-state index in [1.54, 1.807) is 41.6 Å². The van der Waals surface area contributed by atoms with E-state index in [9.17, 15) is 4.79 Å². The quantitative estimate of drug-likeness (QED) is 0.589. The van der Waals surface area contributed by atoms with Crippen molar-refractivity contribution in [1.82, 2.24) is 9.55 Å². The zero-order chi connectivity index (χ0) is 16.2. The van der Waals surface area contributed by atoms with Gasteiger partial charge in [-0.15, -0.1) is 0 Å². The van der Waals surface area contributed by atoms with Gasteiger partial charge in [0.25, 0.3) is 5.56 Å². The summed E-state index contributed by atoms with van der Waals surface area (Å²) in [6.07, 6.45) is 2.40. The van der Waals surface area contributed by atoms with Gasteiger partial charge in [-0.25, -0.2) is 4.98 Å². The summed E-state index contributed by atoms with van der Waals surface area (Å²) in [6.45, 7) is 1.77. The number of hydrogen-bond acceptors (Lipinski definition) is 5. The van der Waals surface area contributed by atoms with E-state index in [0.717, 1.165) is 25.2 Å². The van der Waals surface area contributed by atoms with Gasteiger partial charge in [-0.1, -0.05) is 23.4 Å². The second-order valence-electron chi connectivity index (χ2n) is 5.45. The normalized spacial score (nSPS) is 17.9. The number of methoxy groups -OCH3 is 1. The molecule has 23 heavy (non-hydrogen) atoms. The molecule has 124 valence electrons. The lowest BCUT2D eigenvalue weighted by molar-refractivity contribution is 0.128. The third-order valence-corrected chi connectivity index (χ3v) is 5.17. The summed E-state index contributed by atoms with van der Waals surface area (Å²) >= 11 is 7.59. The minimum absolute atomic E-state index is 0.0569. The van der Waals surface area contributed by atoms with E-state index >= 15 is 0 Å². The fourth-order valence-electron chi connectivity index (χ4n) is 2.61. The molecule has 0 aliphatic carbocycles. The predicted octanol–water partition coefficient (Wildman–Crippen LogP) is 2.97. The summed E-state index contributed by atoms with van der Waals surface area (Å²) in [5, 5.41) is 1.85. The molecule has 1 aromatic heterocycles. The lowest BCUT2D eigenvalue weighted by Gasteiger charge is -2.14. The third-order valence-electron chi connectivity index (χ3n) is 3.82. The van der Waals surface area contributed by atoms with E-state index in [2.05, 4.69) is 4.98 Å². The van der Waals surface area contributed by atoms with Crippen molar-refractivity contribution in [2.24, 2.45) is 0 Å². The first kappa shape index (κ1) is 16.8. The molecule has 3 rings (SSSR count). The molecule has 7 heteroatoms. The molecule has 1 atom stereocenters. The van der Waals surface area contributed by atoms with E-state index in [0.29, 0.717) is 34.2 Å². The number of hydrogen-bond donors (Lipinski definition) is 0. The molecule has 1 aliphatic rings. The zero-order valence-corrected chi connectivity index (χ0v) is 14.5. The first-order valence-corrected chi connectivity index (χ1v) is 8.99. The zero-order valence-electron chi connectivity index (χ0n) is 13.0. The summed E-state index contributed by atoms with van der Waals surface area (Å²) in [5.74, 6) is 0.797. The molecule has 2 aromatic rings. The maximum atomic E-state index is 12.7. The first-order valence-electron chi connectivity index (χ1n) is 7.62. The summed E-state index contributed by atoms with van der Waals surface area (Å²) < 4.78 is 12.5. The Morgan fingerprint density at radius 3 is 3.13 bits per heavy atom. The Labute approximate surface area is 143 Å². The molecule has 1 aromatic carbocycles. The van der Waals surface area contributed by atoms with Crippen LogP contribution in [0.4, 0.5) is 0 Å². The van der Waals surface area contributed by atoms with Crippen LogP contribution >= 0.6 is 23.4 Å². The summed E-state index contributed by atoms with van der Waals surface area (Å²) in [6, 6.07) is 5.17. The second kappa shape index (κ2) is 7.66. The Kier molecular flexibility index (Phi) is 5.58. The number of aromatic nitrogens is 2. The van der Waals surface area contributed by atoms with Crippen molar-refractivity contribution in [2.45, 2.75) is 30.6 Å². The van der Waals surface area contributed by atoms with E-state index in [4.69, 9.17) is 21.1 Å². The van der Waals surface area contributed by atoms with Gasteiger partial charge >= 0.3 is 0 Å². The molecule has 0 saturated carbocycles. The van der Waals surface area contributed by atoms with Crippen molar-refractivity contribution < 1.29 is 9.47 Å². The molecule has 0 amide bonds. The maximum absolute atomic E-state index is 12.7. The topological polar surface area (TPSA) is 53.4 Å². The highest BCUT2D eigenvalue weighted by molar-refractivity contribution is 7.99. The van der Waals surface area contributed by atoms with Gasteiger partial charge < -0.3 is 9.47 Å². The fraction of sp³-hybridized carbons (Fsp3) is 0.500. The van der Waals surface area contributed by atoms with E-state index < -0.39 is 0 Å². The van der Waals surface area contributed by atoms with Gasteiger partial charge in [-0.3, -0.25) is 9.36 Å². The maximum Gasteiger partial charge on any atom is 0.262 e. The molecule has 0 N–H and O–H groups in total. The average molecular weight is 355 g/mol. The summed E-state index contributed by atoms with van der Waals surface area (Å²) in [7, 11) is 1.62. The average Bonchev–Trinajstić information content (AvgIpc) is 3.05. The van der Waals surface area contributed by atoms with Crippen molar-refractivity contribution in [3.8, 4) is 0 Å². The number of nitrogens with zero attached hydrogens (tertiary/aromatic N) is 2. The number of benzene rings is 1. The van der Waals surface area contributed by atoms with Crippen molar-refractivity contribution in [3.05, 3.63) is 33.6 Å². The molecular formula is C16H19ClN2O3S. The third kappa shape index (κ3) is 3.88. The number of ether oxygens (including phenoxy) is 2. The van der Waals surface area contributed by atoms with Gasteiger partial charge in [-0.05, 0) is 31.0 Å². The van der Waals surface area contributed by atoms with E-state index in [1.807, 2.05) is 0 Å². The van der Waals surface area contributed by atoms with Gasteiger partial charge in [0.05, 0.1) is 30.2 Å². The van der Waals surface area contributed by atoms with Crippen molar-refractivity contribution in [2.75, 3.05) is 26.1 Å². The highest BCUT2D eigenvalue weighted by Gasteiger charge is 2.18. The minimum atomic E-state index is -0.0569. The molecular weight excluding hydrogens is 336 g/mol. The molecule has 1 aliphatic heterocycles. The number of halogens is 1.